The van der Waals surface area contributed by atoms with Crippen molar-refractivity contribution in [2.24, 2.45) is 11.1 Å². The normalized spacial score (nSPS) is 21.7. The minimum absolute atomic E-state index is 0.0167. The summed E-state index contributed by atoms with van der Waals surface area (Å²) in [6.07, 6.45) is 0.544. The van der Waals surface area contributed by atoms with Crippen LogP contribution >= 0.6 is 15.9 Å². The molecule has 0 saturated carbocycles. The van der Waals surface area contributed by atoms with Crippen LogP contribution in [0, 0.1) is 11.7 Å². The Morgan fingerprint density at radius 3 is 2.89 bits per heavy atom. The fraction of sp³-hybridized carbons (Fsp3) is 0.385. The van der Waals surface area contributed by atoms with Crippen molar-refractivity contribution in [3.8, 4) is 0 Å². The molecule has 1 amide bonds. The summed E-state index contributed by atoms with van der Waals surface area (Å²) in [5.41, 5.74) is 1.03. The van der Waals surface area contributed by atoms with Gasteiger partial charge in [0.2, 0.25) is 0 Å². The van der Waals surface area contributed by atoms with Gasteiger partial charge in [0.05, 0.1) is 10.2 Å². The Labute approximate surface area is 119 Å². The first-order chi connectivity index (χ1) is 9.02. The average molecular weight is 329 g/mol. The molecule has 0 aromatic heterocycles. The van der Waals surface area contributed by atoms with Crippen LogP contribution in [0.5, 0.6) is 0 Å². The zero-order chi connectivity index (χ0) is 14.0. The number of piperidine rings is 1. The van der Waals surface area contributed by atoms with Crippen LogP contribution in [0.2, 0.25) is 0 Å². The van der Waals surface area contributed by atoms with Crippen LogP contribution < -0.4 is 0 Å². The zero-order valence-corrected chi connectivity index (χ0v) is 12.0. The number of hydrogen-bond acceptors (Lipinski definition) is 3. The van der Waals surface area contributed by atoms with E-state index in [4.69, 9.17) is 5.21 Å². The molecule has 2 rings (SSSR count). The van der Waals surface area contributed by atoms with Gasteiger partial charge in [0, 0.05) is 31.0 Å². The lowest BCUT2D eigenvalue weighted by atomic mass is 9.97. The summed E-state index contributed by atoms with van der Waals surface area (Å²) in [6.45, 7) is 2.87. The number of amides is 1. The number of benzene rings is 1. The highest BCUT2D eigenvalue weighted by Gasteiger charge is 2.26. The van der Waals surface area contributed by atoms with E-state index in [0.717, 1.165) is 0 Å². The highest BCUT2D eigenvalue weighted by Crippen LogP contribution is 2.20. The molecule has 1 saturated heterocycles. The largest absolute Gasteiger partial charge is 0.411 e. The Kier molecular flexibility index (Phi) is 4.19. The number of likely N-dealkylation sites (tertiary alicyclic amines) is 1. The Morgan fingerprint density at radius 2 is 2.32 bits per heavy atom. The van der Waals surface area contributed by atoms with Crippen LogP contribution in [0.25, 0.3) is 0 Å². The Balaban J connectivity index is 2.14. The fourth-order valence-corrected chi connectivity index (χ4v) is 2.41. The van der Waals surface area contributed by atoms with E-state index in [9.17, 15) is 9.18 Å². The van der Waals surface area contributed by atoms with Crippen molar-refractivity contribution in [2.75, 3.05) is 13.1 Å². The van der Waals surface area contributed by atoms with Crippen LogP contribution in [0.1, 0.15) is 23.7 Å². The first kappa shape index (κ1) is 14.0. The molecule has 1 unspecified atom stereocenters. The van der Waals surface area contributed by atoms with E-state index in [-0.39, 0.29) is 11.8 Å². The van der Waals surface area contributed by atoms with Gasteiger partial charge in [-0.15, -0.1) is 0 Å². The minimum atomic E-state index is -0.450. The van der Waals surface area contributed by atoms with Crippen molar-refractivity contribution >= 4 is 27.5 Å². The highest BCUT2D eigenvalue weighted by molar-refractivity contribution is 9.10. The summed E-state index contributed by atoms with van der Waals surface area (Å²) < 4.78 is 13.8. The molecule has 1 heterocycles. The van der Waals surface area contributed by atoms with E-state index < -0.39 is 5.82 Å². The average Bonchev–Trinajstić information content (AvgIpc) is 2.41. The van der Waals surface area contributed by atoms with E-state index in [1.165, 1.54) is 12.1 Å². The first-order valence-electron chi connectivity index (χ1n) is 5.98. The van der Waals surface area contributed by atoms with Crippen molar-refractivity contribution in [3.63, 3.8) is 0 Å². The standard InChI is InChI=1S/C13H14BrFN2O2/c1-8-7-17(5-4-12(8)16-19)13(18)9-2-3-10(14)11(15)6-9/h2-3,6,8,19H,4-5,7H2,1H3/b16-12+. The number of carbonyl (C=O) groups is 1. The summed E-state index contributed by atoms with van der Waals surface area (Å²) in [6, 6.07) is 4.35. The second-order valence-corrected chi connectivity index (χ2v) is 5.48. The number of oxime groups is 1. The fourth-order valence-electron chi connectivity index (χ4n) is 2.17. The molecular weight excluding hydrogens is 315 g/mol. The number of nitrogens with zero attached hydrogens (tertiary/aromatic N) is 2. The van der Waals surface area contributed by atoms with Crippen molar-refractivity contribution in [2.45, 2.75) is 13.3 Å². The van der Waals surface area contributed by atoms with Gasteiger partial charge in [-0.05, 0) is 34.1 Å². The Bertz CT molecular complexity index is 533. The number of hydrogen-bond donors (Lipinski definition) is 1. The molecule has 0 bridgehead atoms. The molecule has 0 aliphatic carbocycles. The van der Waals surface area contributed by atoms with Crippen LogP contribution in [0.15, 0.2) is 27.8 Å². The summed E-state index contributed by atoms with van der Waals surface area (Å²) >= 11 is 3.06. The molecule has 102 valence electrons. The number of rotatable bonds is 1. The predicted octanol–water partition coefficient (Wildman–Crippen LogP) is 2.90. The van der Waals surface area contributed by atoms with Crippen LogP contribution in [-0.2, 0) is 0 Å². The molecule has 1 atom stereocenters. The number of halogens is 2. The summed E-state index contributed by atoms with van der Waals surface area (Å²) in [5, 5.41) is 12.0. The van der Waals surface area contributed by atoms with Gasteiger partial charge in [0.15, 0.2) is 0 Å². The van der Waals surface area contributed by atoms with Crippen molar-refractivity contribution < 1.29 is 14.4 Å². The van der Waals surface area contributed by atoms with E-state index in [1.807, 2.05) is 6.92 Å². The molecule has 1 fully saturated rings. The lowest BCUT2D eigenvalue weighted by molar-refractivity contribution is 0.0733. The van der Waals surface area contributed by atoms with Gasteiger partial charge in [-0.3, -0.25) is 4.79 Å². The van der Waals surface area contributed by atoms with Gasteiger partial charge in [-0.1, -0.05) is 12.1 Å². The molecule has 4 nitrogen and oxygen atoms in total. The maximum absolute atomic E-state index is 13.4. The lowest BCUT2D eigenvalue weighted by Gasteiger charge is -2.31. The Morgan fingerprint density at radius 1 is 1.58 bits per heavy atom. The van der Waals surface area contributed by atoms with Gasteiger partial charge in [-0.2, -0.15) is 0 Å². The maximum Gasteiger partial charge on any atom is 0.253 e. The zero-order valence-electron chi connectivity index (χ0n) is 10.4. The van der Waals surface area contributed by atoms with Crippen molar-refractivity contribution in [3.05, 3.63) is 34.1 Å². The van der Waals surface area contributed by atoms with Crippen LogP contribution in [0.4, 0.5) is 4.39 Å². The third-order valence-corrected chi connectivity index (χ3v) is 3.93. The molecule has 1 aromatic carbocycles. The van der Waals surface area contributed by atoms with Crippen molar-refractivity contribution in [1.29, 1.82) is 0 Å². The molecule has 1 N–H and O–H groups in total. The van der Waals surface area contributed by atoms with Gasteiger partial charge in [0.1, 0.15) is 5.82 Å². The highest BCUT2D eigenvalue weighted by atomic mass is 79.9. The maximum atomic E-state index is 13.4. The second-order valence-electron chi connectivity index (χ2n) is 4.62. The van der Waals surface area contributed by atoms with E-state index in [2.05, 4.69) is 21.1 Å². The lowest BCUT2D eigenvalue weighted by Crippen LogP contribution is -2.43. The van der Waals surface area contributed by atoms with Crippen LogP contribution in [-0.4, -0.2) is 34.8 Å². The topological polar surface area (TPSA) is 52.9 Å². The van der Waals surface area contributed by atoms with Gasteiger partial charge in [-0.25, -0.2) is 4.39 Å². The second kappa shape index (κ2) is 5.69. The molecular formula is C13H14BrFN2O2. The van der Waals surface area contributed by atoms with Gasteiger partial charge < -0.3 is 10.1 Å². The molecule has 1 aliphatic heterocycles. The first-order valence-corrected chi connectivity index (χ1v) is 6.77. The smallest absolute Gasteiger partial charge is 0.253 e. The summed E-state index contributed by atoms with van der Waals surface area (Å²) in [7, 11) is 0. The van der Waals surface area contributed by atoms with Crippen LogP contribution in [0.3, 0.4) is 0 Å². The molecule has 0 spiro atoms. The monoisotopic (exact) mass is 328 g/mol. The molecule has 1 aromatic rings. The summed E-state index contributed by atoms with van der Waals surface area (Å²) in [4.78, 5) is 13.9. The summed E-state index contributed by atoms with van der Waals surface area (Å²) in [5.74, 6) is -0.633. The van der Waals surface area contributed by atoms with E-state index in [1.54, 1.807) is 11.0 Å². The molecule has 19 heavy (non-hydrogen) atoms. The van der Waals surface area contributed by atoms with Crippen molar-refractivity contribution in [1.82, 2.24) is 4.90 Å². The number of carbonyl (C=O) groups excluding carboxylic acids is 1. The quantitative estimate of drug-likeness (QED) is 0.636. The third kappa shape index (κ3) is 2.94. The van der Waals surface area contributed by atoms with E-state index in [0.29, 0.717) is 35.3 Å². The SMILES string of the molecule is CC1CN(C(=O)c2ccc(Br)c(F)c2)CC/C1=N\O. The Hall–Kier alpha value is -1.43. The van der Waals surface area contributed by atoms with Gasteiger partial charge in [0.25, 0.3) is 5.91 Å². The molecule has 0 radical (unpaired) electrons. The third-order valence-electron chi connectivity index (χ3n) is 3.28. The molecule has 1 aliphatic rings. The minimum Gasteiger partial charge on any atom is -0.411 e. The van der Waals surface area contributed by atoms with E-state index >= 15 is 0 Å². The molecule has 6 heteroatoms. The van der Waals surface area contributed by atoms with Gasteiger partial charge >= 0.3 is 0 Å². The predicted molar refractivity (Wildman–Crippen MR) is 73.0 cm³/mol.